The van der Waals surface area contributed by atoms with Crippen LogP contribution in [0.25, 0.3) is 0 Å². The van der Waals surface area contributed by atoms with Crippen LogP contribution in [0.4, 0.5) is 0 Å². The number of carboxylic acids is 1. The van der Waals surface area contributed by atoms with Crippen molar-refractivity contribution < 1.29 is 43.3 Å². The molecule has 1 aromatic rings. The molecule has 0 saturated carbocycles. The van der Waals surface area contributed by atoms with E-state index in [2.05, 4.69) is 0 Å². The third-order valence-corrected chi connectivity index (χ3v) is 1.54. The van der Waals surface area contributed by atoms with Crippen LogP contribution < -0.4 is 0 Å². The van der Waals surface area contributed by atoms with Gasteiger partial charge in [0.2, 0.25) is 0 Å². The van der Waals surface area contributed by atoms with Gasteiger partial charge in [0, 0.05) is 24.0 Å². The molecule has 0 atom stereocenters. The molecule has 5 nitrogen and oxygen atoms in total. The van der Waals surface area contributed by atoms with E-state index in [9.17, 15) is 4.79 Å². The van der Waals surface area contributed by atoms with E-state index in [-0.39, 0.29) is 34.2 Å². The van der Waals surface area contributed by atoms with Gasteiger partial charge in [0.25, 0.3) is 5.97 Å². The molecule has 0 aliphatic rings. The molecule has 15 heavy (non-hydrogen) atoms. The number of rotatable bonds is 3. The summed E-state index contributed by atoms with van der Waals surface area (Å²) >= 11 is 0. The molecule has 0 saturated heterocycles. The summed E-state index contributed by atoms with van der Waals surface area (Å²) in [5.41, 5.74) is 0.549. The molecule has 1 aromatic carbocycles. The molecule has 0 aliphatic carbocycles. The van der Waals surface area contributed by atoms with Crippen LogP contribution in [-0.2, 0) is 22.2 Å². The van der Waals surface area contributed by atoms with Crippen LogP contribution in [0, 0.1) is 5.92 Å². The van der Waals surface area contributed by atoms with Crippen molar-refractivity contribution in [1.29, 1.82) is 0 Å². The summed E-state index contributed by atoms with van der Waals surface area (Å²) in [5, 5.41) is 17.4. The van der Waals surface area contributed by atoms with Gasteiger partial charge < -0.3 is 21.2 Å². The normalized spacial score (nSPS) is 7.53. The van der Waals surface area contributed by atoms with Gasteiger partial charge in [-0.15, -0.1) is 12.1 Å². The van der Waals surface area contributed by atoms with Crippen LogP contribution in [0.15, 0.2) is 30.3 Å². The Bertz CT molecular complexity index is 264. The van der Waals surface area contributed by atoms with Crippen LogP contribution in [0.1, 0.15) is 5.56 Å². The first-order valence-corrected chi connectivity index (χ1v) is 3.51. The molecule has 0 amide bonds. The fraction of sp³-hybridized carbons (Fsp3) is 0.111. The van der Waals surface area contributed by atoms with Gasteiger partial charge in [0.05, 0.1) is 0 Å². The Kier molecular flexibility index (Phi) is 12.4. The third kappa shape index (κ3) is 5.42. The zero-order valence-electron chi connectivity index (χ0n) is 7.80. The fourth-order valence-corrected chi connectivity index (χ4v) is 0.922. The predicted octanol–water partition coefficient (Wildman–Crippen LogP) is -0.966. The van der Waals surface area contributed by atoms with Crippen LogP contribution >= 0.6 is 0 Å². The van der Waals surface area contributed by atoms with E-state index < -0.39 is 12.6 Å². The van der Waals surface area contributed by atoms with Crippen molar-refractivity contribution >= 4 is 5.97 Å². The number of hydrogen-bond acceptors (Lipinski definition) is 2. The molecule has 6 heteroatoms. The van der Waals surface area contributed by atoms with Crippen LogP contribution in [-0.4, -0.2) is 33.7 Å². The maximum atomic E-state index is 10.5. The van der Waals surface area contributed by atoms with E-state index in [1.54, 1.807) is 30.3 Å². The minimum absolute atomic E-state index is 0. The molecule has 0 aromatic heterocycles. The smallest absolute Gasteiger partial charge is 0.277 e. The molecule has 0 fully saturated rings. The van der Waals surface area contributed by atoms with Crippen molar-refractivity contribution in [3.8, 4) is 0 Å². The molecular weight excluding hydrogens is 240 g/mol. The Hall–Kier alpha value is -1.03. The number of aliphatic hydroxyl groups excluding tert-OH is 1. The van der Waals surface area contributed by atoms with Gasteiger partial charge in [0.1, 0.15) is 0 Å². The first-order chi connectivity index (χ1) is 5.75. The van der Waals surface area contributed by atoms with E-state index >= 15 is 0 Å². The van der Waals surface area contributed by atoms with E-state index in [1.165, 1.54) is 0 Å². The maximum Gasteiger partial charge on any atom is 0.277 e. The Morgan fingerprint density at radius 2 is 1.67 bits per heavy atom. The minimum Gasteiger partial charge on any atom is -0.487 e. The summed E-state index contributed by atoms with van der Waals surface area (Å²) in [5.74, 6) is -1.06. The maximum absolute atomic E-state index is 10.5. The van der Waals surface area contributed by atoms with Gasteiger partial charge in [0.15, 0.2) is 0 Å². The van der Waals surface area contributed by atoms with Crippen molar-refractivity contribution in [2.45, 2.75) is 0 Å². The second-order valence-electron chi connectivity index (χ2n) is 2.31. The molecule has 86 valence electrons. The van der Waals surface area contributed by atoms with Gasteiger partial charge in [-0.05, 0) is 5.92 Å². The second kappa shape index (κ2) is 9.52. The van der Waals surface area contributed by atoms with E-state index in [0.717, 1.165) is 0 Å². The standard InChI is InChI=1S/C9H9O3.Cr.2H2O/c10-6-8(9(11)12)7-4-2-1-3-5-7;;;/h1-5,10H,6H2,(H,11,12);;2*1H2/q-1;;;. The van der Waals surface area contributed by atoms with Crippen LogP contribution in [0.3, 0.4) is 0 Å². The molecule has 6 N–H and O–H groups in total. The monoisotopic (exact) mass is 253 g/mol. The summed E-state index contributed by atoms with van der Waals surface area (Å²) in [4.78, 5) is 10.5. The number of aliphatic carboxylic acids is 1. The predicted molar refractivity (Wildman–Crippen MR) is 50.7 cm³/mol. The quantitative estimate of drug-likeness (QED) is 0.674. The number of carbonyl (C=O) groups is 1. The first-order valence-electron chi connectivity index (χ1n) is 3.51. The van der Waals surface area contributed by atoms with Gasteiger partial charge in [-0.3, -0.25) is 4.79 Å². The van der Waals surface area contributed by atoms with Crippen molar-refractivity contribution in [2.75, 3.05) is 6.61 Å². The van der Waals surface area contributed by atoms with Gasteiger partial charge in [-0.1, -0.05) is 6.07 Å². The Morgan fingerprint density at radius 3 is 2.00 bits per heavy atom. The number of carboxylic acid groups (broad SMARTS) is 1. The molecule has 0 aliphatic heterocycles. The topological polar surface area (TPSA) is 121 Å². The van der Waals surface area contributed by atoms with Gasteiger partial charge >= 0.3 is 0 Å². The van der Waals surface area contributed by atoms with E-state index in [0.29, 0.717) is 5.56 Å². The van der Waals surface area contributed by atoms with E-state index in [1.807, 2.05) is 0 Å². The minimum atomic E-state index is -1.08. The van der Waals surface area contributed by atoms with Gasteiger partial charge in [-0.25, -0.2) is 0 Å². The molecule has 1 rings (SSSR count). The van der Waals surface area contributed by atoms with Crippen molar-refractivity contribution in [1.82, 2.24) is 0 Å². The Labute approximate surface area is 98.1 Å². The average Bonchev–Trinajstić information content (AvgIpc) is 2.07. The summed E-state index contributed by atoms with van der Waals surface area (Å²) < 4.78 is 0. The zero-order valence-corrected chi connectivity index (χ0v) is 9.08. The number of hydrogen-bond donors (Lipinski definition) is 2. The van der Waals surface area contributed by atoms with Crippen molar-refractivity contribution in [3.05, 3.63) is 41.8 Å². The fourth-order valence-electron chi connectivity index (χ4n) is 0.922. The molecule has 0 spiro atoms. The van der Waals surface area contributed by atoms with Crippen LogP contribution in [0.2, 0.25) is 0 Å². The average molecular weight is 253 g/mol. The summed E-state index contributed by atoms with van der Waals surface area (Å²) in [6.07, 6.45) is 0. The Balaban J connectivity index is -0.000000480. The number of benzene rings is 1. The largest absolute Gasteiger partial charge is 0.487 e. The van der Waals surface area contributed by atoms with Crippen molar-refractivity contribution in [3.63, 3.8) is 0 Å². The van der Waals surface area contributed by atoms with Crippen LogP contribution in [0.5, 0.6) is 0 Å². The molecule has 0 unspecified atom stereocenters. The molecular formula is C9H13CrO5-. The van der Waals surface area contributed by atoms with E-state index in [4.69, 9.17) is 10.2 Å². The summed E-state index contributed by atoms with van der Waals surface area (Å²) in [6, 6.07) is 8.56. The Morgan fingerprint density at radius 1 is 1.20 bits per heavy atom. The SMILES string of the molecule is O.O.O=C(O)[C-](CO)c1ccccc1.[Cr]. The third-order valence-electron chi connectivity index (χ3n) is 1.54. The number of aliphatic hydroxyl groups is 1. The van der Waals surface area contributed by atoms with Gasteiger partial charge in [-0.2, -0.15) is 17.7 Å². The molecule has 0 bridgehead atoms. The molecule has 0 radical (unpaired) electrons. The molecule has 0 heterocycles. The zero-order chi connectivity index (χ0) is 8.97. The van der Waals surface area contributed by atoms with Crippen molar-refractivity contribution in [2.24, 2.45) is 0 Å². The summed E-state index contributed by atoms with van der Waals surface area (Å²) in [6.45, 7) is -0.445. The first kappa shape index (κ1) is 19.5. The second-order valence-corrected chi connectivity index (χ2v) is 2.31. The summed E-state index contributed by atoms with van der Waals surface area (Å²) in [7, 11) is 0.